The third-order valence-corrected chi connectivity index (χ3v) is 3.15. The molecule has 6 heteroatoms. The first kappa shape index (κ1) is 13.6. The monoisotopic (exact) mass is 254 g/mol. The molecule has 1 amide bonds. The first-order valence-corrected chi connectivity index (χ1v) is 5.80. The maximum atomic E-state index is 11.8. The molecule has 1 heterocycles. The highest BCUT2D eigenvalue weighted by Gasteiger charge is 2.30. The zero-order valence-corrected chi connectivity index (χ0v) is 11.2. The lowest BCUT2D eigenvalue weighted by Crippen LogP contribution is -2.45. The van der Waals surface area contributed by atoms with Crippen LogP contribution >= 0.6 is 12.2 Å². The van der Waals surface area contributed by atoms with Gasteiger partial charge in [0.25, 0.3) is 0 Å². The van der Waals surface area contributed by atoms with Crippen LogP contribution in [0, 0.1) is 5.41 Å². The van der Waals surface area contributed by atoms with E-state index in [9.17, 15) is 4.79 Å². The molecule has 3 N–H and O–H groups in total. The van der Waals surface area contributed by atoms with Crippen molar-refractivity contribution in [3.8, 4) is 0 Å². The summed E-state index contributed by atoms with van der Waals surface area (Å²) in [6.45, 7) is 3.99. The molecule has 0 radical (unpaired) electrons. The largest absolute Gasteiger partial charge is 0.392 e. The van der Waals surface area contributed by atoms with Crippen molar-refractivity contribution in [3.05, 3.63) is 18.0 Å². The number of carbonyl (C=O) groups excluding carboxylic acids is 1. The standard InChI is InChI=1S/C11H18N4OS/c1-11(2,9(12)17)10(16)13-5-4-8-6-14-15(3)7-8/h6-7H,4-5H2,1-3H3,(H2,12,17)(H,13,16). The van der Waals surface area contributed by atoms with Gasteiger partial charge in [-0.2, -0.15) is 5.10 Å². The lowest BCUT2D eigenvalue weighted by Gasteiger charge is -2.21. The van der Waals surface area contributed by atoms with Crippen LogP contribution in [0.15, 0.2) is 12.4 Å². The minimum atomic E-state index is -0.801. The molecule has 1 rings (SSSR count). The second kappa shape index (κ2) is 5.27. The van der Waals surface area contributed by atoms with Gasteiger partial charge in [0.2, 0.25) is 5.91 Å². The van der Waals surface area contributed by atoms with Gasteiger partial charge in [-0.25, -0.2) is 0 Å². The average molecular weight is 254 g/mol. The number of rotatable bonds is 5. The quantitative estimate of drug-likeness (QED) is 0.746. The number of nitrogens with one attached hydrogen (secondary N) is 1. The van der Waals surface area contributed by atoms with Crippen molar-refractivity contribution in [3.63, 3.8) is 0 Å². The van der Waals surface area contributed by atoms with Crippen LogP contribution in [0.3, 0.4) is 0 Å². The Morgan fingerprint density at radius 2 is 2.29 bits per heavy atom. The first-order valence-electron chi connectivity index (χ1n) is 5.39. The molecule has 0 fully saturated rings. The van der Waals surface area contributed by atoms with Gasteiger partial charge in [0.1, 0.15) is 0 Å². The van der Waals surface area contributed by atoms with E-state index in [-0.39, 0.29) is 10.9 Å². The summed E-state index contributed by atoms with van der Waals surface area (Å²) in [5.41, 5.74) is 5.80. The van der Waals surface area contributed by atoms with Crippen molar-refractivity contribution in [2.75, 3.05) is 6.54 Å². The highest BCUT2D eigenvalue weighted by molar-refractivity contribution is 7.80. The number of amides is 1. The SMILES string of the molecule is Cn1cc(CCNC(=O)C(C)(C)C(N)=S)cn1. The van der Waals surface area contributed by atoms with Crippen molar-refractivity contribution < 1.29 is 4.79 Å². The molecule has 0 aliphatic heterocycles. The van der Waals surface area contributed by atoms with E-state index in [1.807, 2.05) is 13.2 Å². The molecule has 1 aromatic rings. The van der Waals surface area contributed by atoms with E-state index in [4.69, 9.17) is 18.0 Å². The number of aromatic nitrogens is 2. The number of hydrogen-bond donors (Lipinski definition) is 2. The predicted octanol–water partition coefficient (Wildman–Crippen LogP) is 0.391. The summed E-state index contributed by atoms with van der Waals surface area (Å²) in [7, 11) is 1.86. The van der Waals surface area contributed by atoms with Gasteiger partial charge in [-0.15, -0.1) is 0 Å². The summed E-state index contributed by atoms with van der Waals surface area (Å²) >= 11 is 4.86. The van der Waals surface area contributed by atoms with Crippen LogP contribution in [0.1, 0.15) is 19.4 Å². The fourth-order valence-electron chi connectivity index (χ4n) is 1.25. The third kappa shape index (κ3) is 3.52. The molecule has 1 aromatic heterocycles. The Morgan fingerprint density at radius 3 is 2.76 bits per heavy atom. The van der Waals surface area contributed by atoms with Crippen LogP contribution in [0.25, 0.3) is 0 Å². The van der Waals surface area contributed by atoms with E-state index in [1.54, 1.807) is 24.7 Å². The normalized spacial score (nSPS) is 11.2. The van der Waals surface area contributed by atoms with Gasteiger partial charge >= 0.3 is 0 Å². The van der Waals surface area contributed by atoms with E-state index in [0.29, 0.717) is 6.54 Å². The van der Waals surface area contributed by atoms with Crippen molar-refractivity contribution in [1.29, 1.82) is 0 Å². The van der Waals surface area contributed by atoms with Crippen LogP contribution < -0.4 is 11.1 Å². The van der Waals surface area contributed by atoms with Crippen molar-refractivity contribution in [2.45, 2.75) is 20.3 Å². The number of carbonyl (C=O) groups is 1. The fourth-order valence-corrected chi connectivity index (χ4v) is 1.35. The number of aryl methyl sites for hydroxylation is 1. The van der Waals surface area contributed by atoms with Gasteiger partial charge in [0, 0.05) is 19.8 Å². The third-order valence-electron chi connectivity index (χ3n) is 2.64. The smallest absolute Gasteiger partial charge is 0.232 e. The van der Waals surface area contributed by atoms with E-state index in [2.05, 4.69) is 10.4 Å². The molecule has 0 aromatic carbocycles. The Morgan fingerprint density at radius 1 is 1.65 bits per heavy atom. The molecule has 0 saturated heterocycles. The maximum Gasteiger partial charge on any atom is 0.232 e. The number of nitrogens with zero attached hydrogens (tertiary/aromatic N) is 2. The Bertz CT molecular complexity index is 425. The second-order valence-corrected chi connectivity index (χ2v) is 4.96. The van der Waals surface area contributed by atoms with E-state index in [1.165, 1.54) is 0 Å². The van der Waals surface area contributed by atoms with Crippen molar-refractivity contribution in [1.82, 2.24) is 15.1 Å². The molecule has 0 bridgehead atoms. The summed E-state index contributed by atoms with van der Waals surface area (Å²) in [4.78, 5) is 12.0. The van der Waals surface area contributed by atoms with Crippen LogP contribution in [0.4, 0.5) is 0 Å². The second-order valence-electron chi connectivity index (χ2n) is 4.52. The molecule has 0 unspecified atom stereocenters. The zero-order chi connectivity index (χ0) is 13.1. The molecule has 0 aliphatic carbocycles. The summed E-state index contributed by atoms with van der Waals surface area (Å²) in [6, 6.07) is 0. The van der Waals surface area contributed by atoms with Crippen molar-refractivity contribution >= 4 is 23.1 Å². The Balaban J connectivity index is 2.42. The molecule has 17 heavy (non-hydrogen) atoms. The number of hydrogen-bond acceptors (Lipinski definition) is 3. The van der Waals surface area contributed by atoms with Gasteiger partial charge in [-0.05, 0) is 25.8 Å². The highest BCUT2D eigenvalue weighted by atomic mass is 32.1. The Labute approximate surface area is 106 Å². The lowest BCUT2D eigenvalue weighted by molar-refractivity contribution is -0.126. The average Bonchev–Trinajstić information content (AvgIpc) is 2.63. The molecule has 94 valence electrons. The van der Waals surface area contributed by atoms with Gasteiger partial charge in [0.05, 0.1) is 16.6 Å². The maximum absolute atomic E-state index is 11.8. The molecule has 0 atom stereocenters. The Kier molecular flexibility index (Phi) is 4.22. The van der Waals surface area contributed by atoms with Crippen LogP contribution in [-0.2, 0) is 18.3 Å². The molecular weight excluding hydrogens is 236 g/mol. The zero-order valence-electron chi connectivity index (χ0n) is 10.4. The summed E-state index contributed by atoms with van der Waals surface area (Å²) in [5.74, 6) is -0.145. The van der Waals surface area contributed by atoms with E-state index in [0.717, 1.165) is 12.0 Å². The fraction of sp³-hybridized carbons (Fsp3) is 0.545. The molecule has 0 spiro atoms. The minimum absolute atomic E-state index is 0.145. The summed E-state index contributed by atoms with van der Waals surface area (Å²) in [5, 5.41) is 6.87. The molecule has 0 aliphatic rings. The van der Waals surface area contributed by atoms with Gasteiger partial charge in [0.15, 0.2) is 0 Å². The highest BCUT2D eigenvalue weighted by Crippen LogP contribution is 2.15. The van der Waals surface area contributed by atoms with Gasteiger partial charge in [-0.1, -0.05) is 12.2 Å². The van der Waals surface area contributed by atoms with E-state index < -0.39 is 5.41 Å². The lowest BCUT2D eigenvalue weighted by atomic mass is 9.92. The van der Waals surface area contributed by atoms with Crippen molar-refractivity contribution in [2.24, 2.45) is 18.2 Å². The predicted molar refractivity (Wildman–Crippen MR) is 70.5 cm³/mol. The number of nitrogens with two attached hydrogens (primary N) is 1. The minimum Gasteiger partial charge on any atom is -0.392 e. The first-order chi connectivity index (χ1) is 7.84. The summed E-state index contributed by atoms with van der Waals surface area (Å²) < 4.78 is 1.73. The van der Waals surface area contributed by atoms with Gasteiger partial charge in [-0.3, -0.25) is 9.48 Å². The molecule has 0 saturated carbocycles. The van der Waals surface area contributed by atoms with Gasteiger partial charge < -0.3 is 11.1 Å². The molecule has 5 nitrogen and oxygen atoms in total. The van der Waals surface area contributed by atoms with E-state index >= 15 is 0 Å². The Hall–Kier alpha value is -1.43. The van der Waals surface area contributed by atoms with Crippen LogP contribution in [-0.4, -0.2) is 27.2 Å². The molecular formula is C11H18N4OS. The topological polar surface area (TPSA) is 72.9 Å². The van der Waals surface area contributed by atoms with Crippen LogP contribution in [0.2, 0.25) is 0 Å². The summed E-state index contributed by atoms with van der Waals surface area (Å²) in [6.07, 6.45) is 4.45. The number of thiocarbonyl (C=S) groups is 1. The van der Waals surface area contributed by atoms with Crippen LogP contribution in [0.5, 0.6) is 0 Å².